The van der Waals surface area contributed by atoms with Crippen molar-refractivity contribution in [3.05, 3.63) is 12.7 Å². The number of nitrogens with zero attached hydrogens (tertiary/aromatic N) is 1. The lowest BCUT2D eigenvalue weighted by Gasteiger charge is -2.30. The van der Waals surface area contributed by atoms with Crippen molar-refractivity contribution in [2.45, 2.75) is 64.1 Å². The second-order valence-corrected chi connectivity index (χ2v) is 7.16. The third kappa shape index (κ3) is 7.48. The SMILES string of the molecule is C=CC(=O)N(C)CC(=O)NC1CCC(NC(=O)OC(C)(C)C)CC1. The molecule has 24 heavy (non-hydrogen) atoms. The Balaban J connectivity index is 2.30. The van der Waals surface area contributed by atoms with Crippen LogP contribution in [-0.2, 0) is 14.3 Å². The van der Waals surface area contributed by atoms with Crippen molar-refractivity contribution in [3.63, 3.8) is 0 Å². The van der Waals surface area contributed by atoms with Gasteiger partial charge in [0.2, 0.25) is 11.8 Å². The molecule has 2 N–H and O–H groups in total. The molecule has 1 rings (SSSR count). The van der Waals surface area contributed by atoms with Crippen LogP contribution in [0.15, 0.2) is 12.7 Å². The lowest BCUT2D eigenvalue weighted by atomic mass is 9.91. The fourth-order valence-corrected chi connectivity index (χ4v) is 2.58. The molecule has 1 saturated carbocycles. The predicted octanol–water partition coefficient (Wildman–Crippen LogP) is 1.58. The Morgan fingerprint density at radius 3 is 2.08 bits per heavy atom. The first-order valence-electron chi connectivity index (χ1n) is 8.27. The lowest BCUT2D eigenvalue weighted by molar-refractivity contribution is -0.131. The first-order valence-corrected chi connectivity index (χ1v) is 8.27. The summed E-state index contributed by atoms with van der Waals surface area (Å²) < 4.78 is 5.24. The minimum absolute atomic E-state index is 0.0148. The maximum absolute atomic E-state index is 11.9. The van der Waals surface area contributed by atoms with Gasteiger partial charge in [0.15, 0.2) is 0 Å². The zero-order valence-electron chi connectivity index (χ0n) is 15.1. The van der Waals surface area contributed by atoms with Crippen LogP contribution >= 0.6 is 0 Å². The van der Waals surface area contributed by atoms with Crippen molar-refractivity contribution < 1.29 is 19.1 Å². The van der Waals surface area contributed by atoms with Crippen LogP contribution in [0.5, 0.6) is 0 Å². The van der Waals surface area contributed by atoms with Crippen LogP contribution in [0.25, 0.3) is 0 Å². The molecule has 0 aromatic rings. The van der Waals surface area contributed by atoms with Gasteiger partial charge in [-0.1, -0.05) is 6.58 Å². The molecule has 0 bridgehead atoms. The van der Waals surface area contributed by atoms with Crippen LogP contribution < -0.4 is 10.6 Å². The molecule has 0 radical (unpaired) electrons. The van der Waals surface area contributed by atoms with E-state index in [4.69, 9.17) is 4.74 Å². The molecule has 0 spiro atoms. The highest BCUT2D eigenvalue weighted by molar-refractivity contribution is 5.90. The molecule has 0 saturated heterocycles. The Labute approximate surface area is 143 Å². The lowest BCUT2D eigenvalue weighted by Crippen LogP contribution is -2.47. The van der Waals surface area contributed by atoms with E-state index >= 15 is 0 Å². The Morgan fingerprint density at radius 2 is 1.62 bits per heavy atom. The second-order valence-electron chi connectivity index (χ2n) is 7.16. The van der Waals surface area contributed by atoms with Gasteiger partial charge in [0.05, 0.1) is 6.54 Å². The van der Waals surface area contributed by atoms with Gasteiger partial charge >= 0.3 is 6.09 Å². The van der Waals surface area contributed by atoms with Gasteiger partial charge in [-0.2, -0.15) is 0 Å². The minimum Gasteiger partial charge on any atom is -0.444 e. The van der Waals surface area contributed by atoms with Crippen molar-refractivity contribution in [2.75, 3.05) is 13.6 Å². The first kappa shape index (κ1) is 20.0. The first-order chi connectivity index (χ1) is 11.1. The van der Waals surface area contributed by atoms with Crippen molar-refractivity contribution in [3.8, 4) is 0 Å². The van der Waals surface area contributed by atoms with E-state index in [1.165, 1.54) is 11.0 Å². The van der Waals surface area contributed by atoms with E-state index in [0.29, 0.717) is 0 Å². The Hall–Kier alpha value is -2.05. The molecule has 0 aromatic heterocycles. The number of rotatable bonds is 5. The predicted molar refractivity (Wildman–Crippen MR) is 91.4 cm³/mol. The standard InChI is InChI=1S/C17H29N3O4/c1-6-15(22)20(5)11-14(21)18-12-7-9-13(10-8-12)19-16(23)24-17(2,3)4/h6,12-13H,1,7-11H2,2-5H3,(H,18,21)(H,19,23). The van der Waals surface area contributed by atoms with Crippen molar-refractivity contribution in [1.82, 2.24) is 15.5 Å². The minimum atomic E-state index is -0.510. The molecule has 0 aromatic carbocycles. The van der Waals surface area contributed by atoms with Gasteiger partial charge in [0, 0.05) is 19.1 Å². The number of alkyl carbamates (subject to hydrolysis) is 1. The van der Waals surface area contributed by atoms with Gasteiger partial charge in [0.1, 0.15) is 5.60 Å². The monoisotopic (exact) mass is 339 g/mol. The van der Waals surface area contributed by atoms with Crippen LogP contribution in [0.2, 0.25) is 0 Å². The number of hydrogen-bond donors (Lipinski definition) is 2. The van der Waals surface area contributed by atoms with E-state index in [2.05, 4.69) is 17.2 Å². The maximum Gasteiger partial charge on any atom is 0.407 e. The Kier molecular flexibility index (Phi) is 7.25. The number of hydrogen-bond acceptors (Lipinski definition) is 4. The van der Waals surface area contributed by atoms with Crippen molar-refractivity contribution in [2.24, 2.45) is 0 Å². The summed E-state index contributed by atoms with van der Waals surface area (Å²) in [6.45, 7) is 8.89. The Morgan fingerprint density at radius 1 is 1.12 bits per heavy atom. The molecule has 3 amide bonds. The third-order valence-corrected chi connectivity index (χ3v) is 3.74. The fraction of sp³-hybridized carbons (Fsp3) is 0.706. The van der Waals surface area contributed by atoms with E-state index in [-0.39, 0.29) is 30.4 Å². The van der Waals surface area contributed by atoms with Gasteiger partial charge in [-0.15, -0.1) is 0 Å². The normalized spacial score (nSPS) is 20.7. The summed E-state index contributed by atoms with van der Waals surface area (Å²) in [7, 11) is 1.56. The number of nitrogens with one attached hydrogen (secondary N) is 2. The number of likely N-dealkylation sites (N-methyl/N-ethyl adjacent to an activating group) is 1. The summed E-state index contributed by atoms with van der Waals surface area (Å²) in [6, 6.07) is 0.138. The van der Waals surface area contributed by atoms with Crippen molar-refractivity contribution >= 4 is 17.9 Å². The van der Waals surface area contributed by atoms with E-state index in [1.54, 1.807) is 7.05 Å². The topological polar surface area (TPSA) is 87.7 Å². The molecule has 7 nitrogen and oxygen atoms in total. The maximum atomic E-state index is 11.9. The average Bonchev–Trinajstić information content (AvgIpc) is 2.46. The molecular formula is C17H29N3O4. The summed E-state index contributed by atoms with van der Waals surface area (Å²) >= 11 is 0. The summed E-state index contributed by atoms with van der Waals surface area (Å²) in [6.07, 6.45) is 3.91. The van der Waals surface area contributed by atoms with E-state index < -0.39 is 11.7 Å². The number of carbonyl (C=O) groups is 3. The molecule has 0 heterocycles. The number of ether oxygens (including phenoxy) is 1. The van der Waals surface area contributed by atoms with Gasteiger partial charge in [0.25, 0.3) is 0 Å². The molecule has 0 aliphatic heterocycles. The second kappa shape index (κ2) is 8.70. The highest BCUT2D eigenvalue weighted by Gasteiger charge is 2.25. The highest BCUT2D eigenvalue weighted by atomic mass is 16.6. The quantitative estimate of drug-likeness (QED) is 0.745. The van der Waals surface area contributed by atoms with Gasteiger partial charge < -0.3 is 20.3 Å². The zero-order valence-corrected chi connectivity index (χ0v) is 15.1. The molecular weight excluding hydrogens is 310 g/mol. The number of carbonyl (C=O) groups excluding carboxylic acids is 3. The number of amides is 3. The van der Waals surface area contributed by atoms with Crippen LogP contribution in [-0.4, -0.2) is 54.1 Å². The van der Waals surface area contributed by atoms with Crippen LogP contribution in [0.4, 0.5) is 4.79 Å². The van der Waals surface area contributed by atoms with Crippen LogP contribution in [0, 0.1) is 0 Å². The van der Waals surface area contributed by atoms with E-state index in [0.717, 1.165) is 25.7 Å². The van der Waals surface area contributed by atoms with E-state index in [1.807, 2.05) is 20.8 Å². The molecule has 1 aliphatic carbocycles. The fourth-order valence-electron chi connectivity index (χ4n) is 2.58. The summed E-state index contributed by atoms with van der Waals surface area (Å²) in [5.41, 5.74) is -0.510. The van der Waals surface area contributed by atoms with Crippen LogP contribution in [0.1, 0.15) is 46.5 Å². The molecule has 1 fully saturated rings. The van der Waals surface area contributed by atoms with Crippen LogP contribution in [0.3, 0.4) is 0 Å². The molecule has 0 unspecified atom stereocenters. The Bertz CT molecular complexity index is 477. The van der Waals surface area contributed by atoms with Gasteiger partial charge in [-0.05, 0) is 52.5 Å². The molecule has 0 atom stereocenters. The smallest absolute Gasteiger partial charge is 0.407 e. The summed E-state index contributed by atoms with van der Waals surface area (Å²) in [5.74, 6) is -0.466. The van der Waals surface area contributed by atoms with Gasteiger partial charge in [-0.3, -0.25) is 9.59 Å². The van der Waals surface area contributed by atoms with Crippen molar-refractivity contribution in [1.29, 1.82) is 0 Å². The zero-order chi connectivity index (χ0) is 18.3. The van der Waals surface area contributed by atoms with Gasteiger partial charge in [-0.25, -0.2) is 4.79 Å². The molecule has 7 heteroatoms. The molecule has 136 valence electrons. The average molecular weight is 339 g/mol. The third-order valence-electron chi connectivity index (χ3n) is 3.74. The summed E-state index contributed by atoms with van der Waals surface area (Å²) in [5, 5.41) is 5.80. The summed E-state index contributed by atoms with van der Waals surface area (Å²) in [4.78, 5) is 36.4. The highest BCUT2D eigenvalue weighted by Crippen LogP contribution is 2.19. The molecule has 1 aliphatic rings. The largest absolute Gasteiger partial charge is 0.444 e. The van der Waals surface area contributed by atoms with E-state index in [9.17, 15) is 14.4 Å².